The molecule has 2 aromatic carbocycles. The second-order valence-corrected chi connectivity index (χ2v) is 6.92. The van der Waals surface area contributed by atoms with E-state index in [0.29, 0.717) is 12.5 Å². The highest BCUT2D eigenvalue weighted by Gasteiger charge is 2.32. The minimum absolute atomic E-state index is 0.0545. The number of benzene rings is 2. The van der Waals surface area contributed by atoms with Gasteiger partial charge in [-0.05, 0) is 30.2 Å². The Balaban J connectivity index is 2.16. The molecule has 0 bridgehead atoms. The fourth-order valence-corrected chi connectivity index (χ4v) is 3.49. The normalized spacial score (nSPS) is 12.3. The summed E-state index contributed by atoms with van der Waals surface area (Å²) in [4.78, 5) is -0.581. The van der Waals surface area contributed by atoms with Crippen molar-refractivity contribution in [2.75, 3.05) is 6.54 Å². The molecule has 0 aliphatic heterocycles. The van der Waals surface area contributed by atoms with Crippen LogP contribution in [0.3, 0.4) is 0 Å². The first-order valence-corrected chi connectivity index (χ1v) is 8.46. The Bertz CT molecular complexity index is 777. The van der Waals surface area contributed by atoms with Crippen molar-refractivity contribution in [3.05, 3.63) is 64.7 Å². The van der Waals surface area contributed by atoms with Crippen LogP contribution in [0.5, 0.6) is 0 Å². The van der Waals surface area contributed by atoms with Gasteiger partial charge < -0.3 is 0 Å². The molecule has 0 aliphatic rings. The molecule has 2 aromatic rings. The molecule has 0 atom stereocenters. The number of nitrogens with one attached hydrogen (secondary N) is 1. The molecule has 0 aliphatic carbocycles. The lowest BCUT2D eigenvalue weighted by molar-refractivity contribution is -0.137. The van der Waals surface area contributed by atoms with Gasteiger partial charge in [-0.15, -0.1) is 0 Å². The van der Waals surface area contributed by atoms with Crippen molar-refractivity contribution in [3.8, 4) is 0 Å². The van der Waals surface area contributed by atoms with E-state index < -0.39 is 26.7 Å². The van der Waals surface area contributed by atoms with Crippen LogP contribution in [-0.2, 0) is 22.6 Å². The minimum atomic E-state index is -4.64. The van der Waals surface area contributed by atoms with E-state index in [-0.39, 0.29) is 11.6 Å². The summed E-state index contributed by atoms with van der Waals surface area (Å²) in [5.41, 5.74) is -0.157. The number of sulfonamides is 1. The Labute approximate surface area is 137 Å². The lowest BCUT2D eigenvalue weighted by Crippen LogP contribution is -2.26. The van der Waals surface area contributed by atoms with E-state index in [9.17, 15) is 21.6 Å². The molecule has 0 saturated carbocycles. The largest absolute Gasteiger partial charge is 0.416 e. The monoisotopic (exact) mass is 363 g/mol. The van der Waals surface area contributed by atoms with Crippen molar-refractivity contribution in [3.63, 3.8) is 0 Å². The molecule has 0 radical (unpaired) electrons. The maximum Gasteiger partial charge on any atom is 0.416 e. The van der Waals surface area contributed by atoms with E-state index in [0.717, 1.165) is 17.7 Å². The molecule has 0 amide bonds. The number of halogens is 4. The first-order chi connectivity index (χ1) is 10.7. The predicted molar refractivity (Wildman–Crippen MR) is 81.8 cm³/mol. The lowest BCUT2D eigenvalue weighted by Gasteiger charge is -2.12. The second kappa shape index (κ2) is 6.90. The molecule has 23 heavy (non-hydrogen) atoms. The fraction of sp³-hybridized carbons (Fsp3) is 0.200. The van der Waals surface area contributed by atoms with Gasteiger partial charge in [0.15, 0.2) is 0 Å². The van der Waals surface area contributed by atoms with Crippen LogP contribution in [0.2, 0.25) is 5.02 Å². The van der Waals surface area contributed by atoms with E-state index in [1.54, 1.807) is 0 Å². The first-order valence-electron chi connectivity index (χ1n) is 6.60. The van der Waals surface area contributed by atoms with E-state index >= 15 is 0 Å². The zero-order valence-corrected chi connectivity index (χ0v) is 13.3. The Kier molecular flexibility index (Phi) is 5.33. The summed E-state index contributed by atoms with van der Waals surface area (Å²) in [6.07, 6.45) is -4.23. The summed E-state index contributed by atoms with van der Waals surface area (Å²) < 4.78 is 64.7. The maximum atomic E-state index is 12.7. The average molecular weight is 364 g/mol. The van der Waals surface area contributed by atoms with Crippen molar-refractivity contribution in [1.29, 1.82) is 0 Å². The highest BCUT2D eigenvalue weighted by Crippen LogP contribution is 2.33. The smallest absolute Gasteiger partial charge is 0.211 e. The number of hydrogen-bond acceptors (Lipinski definition) is 2. The molecule has 0 aromatic heterocycles. The van der Waals surface area contributed by atoms with Gasteiger partial charge in [-0.2, -0.15) is 13.2 Å². The van der Waals surface area contributed by atoms with Gasteiger partial charge >= 0.3 is 6.18 Å². The molecule has 8 heteroatoms. The van der Waals surface area contributed by atoms with Crippen LogP contribution in [0, 0.1) is 0 Å². The quantitative estimate of drug-likeness (QED) is 0.876. The van der Waals surface area contributed by atoms with Gasteiger partial charge in [-0.25, -0.2) is 13.1 Å². The molecule has 0 fully saturated rings. The van der Waals surface area contributed by atoms with Crippen LogP contribution < -0.4 is 4.72 Å². The standard InChI is InChI=1S/C15H13ClF3NO2S/c16-13-7-6-12(15(17,18)19)10-14(13)23(21,22)20-9-8-11-4-2-1-3-5-11/h1-7,10,20H,8-9H2. The molecule has 0 heterocycles. The maximum absolute atomic E-state index is 12.7. The highest BCUT2D eigenvalue weighted by molar-refractivity contribution is 7.89. The summed E-state index contributed by atoms with van der Waals surface area (Å²) in [6.45, 7) is 0.0545. The minimum Gasteiger partial charge on any atom is -0.211 e. The van der Waals surface area contributed by atoms with Gasteiger partial charge in [-0.1, -0.05) is 41.9 Å². The van der Waals surface area contributed by atoms with Gasteiger partial charge in [0, 0.05) is 6.54 Å². The van der Waals surface area contributed by atoms with Crippen molar-refractivity contribution in [2.45, 2.75) is 17.5 Å². The SMILES string of the molecule is O=S(=O)(NCCc1ccccc1)c1cc(C(F)(F)F)ccc1Cl. The number of hydrogen-bond donors (Lipinski definition) is 1. The third kappa shape index (κ3) is 4.70. The van der Waals surface area contributed by atoms with Gasteiger partial charge in [0.25, 0.3) is 0 Å². The third-order valence-corrected chi connectivity index (χ3v) is 5.04. The molecular weight excluding hydrogens is 351 g/mol. The zero-order valence-electron chi connectivity index (χ0n) is 11.8. The Morgan fingerprint density at radius 2 is 1.70 bits per heavy atom. The second-order valence-electron chi connectivity index (χ2n) is 4.78. The Morgan fingerprint density at radius 1 is 1.04 bits per heavy atom. The molecule has 1 N–H and O–H groups in total. The molecule has 0 saturated heterocycles. The predicted octanol–water partition coefficient (Wildman–Crippen LogP) is 3.88. The lowest BCUT2D eigenvalue weighted by atomic mass is 10.2. The summed E-state index contributed by atoms with van der Waals surface area (Å²) in [6, 6.07) is 11.3. The summed E-state index contributed by atoms with van der Waals surface area (Å²) in [5.74, 6) is 0. The van der Waals surface area contributed by atoms with Crippen molar-refractivity contribution in [2.24, 2.45) is 0 Å². The van der Waals surface area contributed by atoms with Gasteiger partial charge in [0.2, 0.25) is 10.0 Å². The highest BCUT2D eigenvalue weighted by atomic mass is 35.5. The zero-order chi connectivity index (χ0) is 17.1. The van der Waals surface area contributed by atoms with E-state index in [1.165, 1.54) is 0 Å². The van der Waals surface area contributed by atoms with E-state index in [4.69, 9.17) is 11.6 Å². The van der Waals surface area contributed by atoms with Gasteiger partial charge in [-0.3, -0.25) is 0 Å². The van der Waals surface area contributed by atoms with Crippen LogP contribution in [0.15, 0.2) is 53.4 Å². The van der Waals surface area contributed by atoms with Crippen LogP contribution in [0.1, 0.15) is 11.1 Å². The van der Waals surface area contributed by atoms with E-state index in [1.807, 2.05) is 30.3 Å². The van der Waals surface area contributed by atoms with Crippen LogP contribution in [0.4, 0.5) is 13.2 Å². The average Bonchev–Trinajstić information content (AvgIpc) is 2.47. The molecule has 3 nitrogen and oxygen atoms in total. The van der Waals surface area contributed by atoms with Crippen molar-refractivity contribution in [1.82, 2.24) is 4.72 Å². The van der Waals surface area contributed by atoms with Crippen LogP contribution in [-0.4, -0.2) is 15.0 Å². The summed E-state index contributed by atoms with van der Waals surface area (Å²) >= 11 is 5.74. The number of rotatable bonds is 5. The Hall–Kier alpha value is -1.57. The van der Waals surface area contributed by atoms with Crippen LogP contribution in [0.25, 0.3) is 0 Å². The molecule has 0 unspecified atom stereocenters. The van der Waals surface area contributed by atoms with Gasteiger partial charge in [0.05, 0.1) is 10.6 Å². The summed E-state index contributed by atoms with van der Waals surface area (Å²) in [5, 5.41) is -0.259. The third-order valence-electron chi connectivity index (χ3n) is 3.10. The number of alkyl halides is 3. The van der Waals surface area contributed by atoms with Gasteiger partial charge in [0.1, 0.15) is 4.90 Å². The van der Waals surface area contributed by atoms with Crippen molar-refractivity contribution < 1.29 is 21.6 Å². The Morgan fingerprint density at radius 3 is 2.30 bits per heavy atom. The summed E-state index contributed by atoms with van der Waals surface area (Å²) in [7, 11) is -4.13. The van der Waals surface area contributed by atoms with Crippen molar-refractivity contribution >= 4 is 21.6 Å². The fourth-order valence-electron chi connectivity index (χ4n) is 1.94. The first kappa shape index (κ1) is 17.8. The van der Waals surface area contributed by atoms with Crippen LogP contribution >= 0.6 is 11.6 Å². The topological polar surface area (TPSA) is 46.2 Å². The molecular formula is C15H13ClF3NO2S. The van der Waals surface area contributed by atoms with E-state index in [2.05, 4.69) is 4.72 Å². The molecule has 0 spiro atoms. The molecule has 124 valence electrons. The molecule has 2 rings (SSSR count).